The summed E-state index contributed by atoms with van der Waals surface area (Å²) in [5.41, 5.74) is 0.177. The van der Waals surface area contributed by atoms with Gasteiger partial charge in [-0.15, -0.1) is 0 Å². The molecule has 0 atom stereocenters. The van der Waals surface area contributed by atoms with Crippen molar-refractivity contribution in [2.24, 2.45) is 4.40 Å². The first-order valence-corrected chi connectivity index (χ1v) is 5.85. The molecule has 0 heterocycles. The molecule has 6 heteroatoms. The monoisotopic (exact) mass is 233 g/mol. The fourth-order valence-corrected chi connectivity index (χ4v) is 1.51. The van der Waals surface area contributed by atoms with Gasteiger partial charge in [0.15, 0.2) is 5.78 Å². The molecule has 1 aliphatic rings. The Balaban J connectivity index is 3.04. The number of hydrogen-bond acceptors (Lipinski definition) is 3. The molecule has 4 nitrogen and oxygen atoms in total. The van der Waals surface area contributed by atoms with Crippen molar-refractivity contribution in [1.29, 1.82) is 0 Å². The Kier molecular flexibility index (Phi) is 3.23. The van der Waals surface area contributed by atoms with E-state index in [1.54, 1.807) is 0 Å². The number of allylic oxidation sites excluding steroid dienone is 4. The average Bonchev–Trinajstić information content (AvgIpc) is 2.11. The summed E-state index contributed by atoms with van der Waals surface area (Å²) in [6.45, 7) is 1.49. The van der Waals surface area contributed by atoms with Gasteiger partial charge in [0.25, 0.3) is 10.0 Å². The smallest absolute Gasteiger partial charge is 0.253 e. The maximum Gasteiger partial charge on any atom is 0.253 e. The minimum Gasteiger partial charge on any atom is -0.288 e. The first-order valence-electron chi connectivity index (χ1n) is 3.87. The first kappa shape index (κ1) is 11.1. The molecule has 76 valence electrons. The molecule has 0 saturated carbocycles. The fraction of sp³-hybridized carbons (Fsp3) is 0.250. The van der Waals surface area contributed by atoms with E-state index in [-0.39, 0.29) is 22.3 Å². The zero-order valence-corrected chi connectivity index (χ0v) is 8.97. The molecule has 0 spiro atoms. The van der Waals surface area contributed by atoms with Crippen molar-refractivity contribution < 1.29 is 13.2 Å². The van der Waals surface area contributed by atoms with E-state index in [0.717, 1.165) is 0 Å². The normalized spacial score (nSPS) is 20.0. The van der Waals surface area contributed by atoms with Crippen molar-refractivity contribution in [2.75, 3.05) is 5.75 Å². The zero-order chi connectivity index (χ0) is 10.8. The summed E-state index contributed by atoms with van der Waals surface area (Å²) in [4.78, 5) is 10.9. The predicted molar refractivity (Wildman–Crippen MR) is 55.0 cm³/mol. The minimum atomic E-state index is -3.44. The summed E-state index contributed by atoms with van der Waals surface area (Å²) in [5, 5.41) is -0.0300. The number of sulfonamides is 1. The molecule has 0 aromatic carbocycles. The number of ketones is 1. The van der Waals surface area contributed by atoms with Crippen LogP contribution in [0.1, 0.15) is 6.92 Å². The lowest BCUT2D eigenvalue weighted by Gasteiger charge is -2.01. The van der Waals surface area contributed by atoms with Crippen molar-refractivity contribution >= 4 is 33.1 Å². The third-order valence-electron chi connectivity index (χ3n) is 1.52. The van der Waals surface area contributed by atoms with Crippen molar-refractivity contribution in [3.05, 3.63) is 23.3 Å². The summed E-state index contributed by atoms with van der Waals surface area (Å²) in [7, 11) is -3.44. The summed E-state index contributed by atoms with van der Waals surface area (Å²) >= 11 is 5.52. The van der Waals surface area contributed by atoms with Gasteiger partial charge in [-0.05, 0) is 25.2 Å². The number of carbonyl (C=O) groups excluding carboxylic acids is 1. The van der Waals surface area contributed by atoms with Gasteiger partial charge in [0, 0.05) is 0 Å². The van der Waals surface area contributed by atoms with E-state index in [1.807, 2.05) is 0 Å². The molecule has 0 aliphatic heterocycles. The summed E-state index contributed by atoms with van der Waals surface area (Å²) in [5.74, 6) is -0.427. The molecular weight excluding hydrogens is 226 g/mol. The van der Waals surface area contributed by atoms with Crippen LogP contribution in [0.3, 0.4) is 0 Å². The molecule has 14 heavy (non-hydrogen) atoms. The molecule has 0 amide bonds. The number of carbonyl (C=O) groups is 1. The summed E-state index contributed by atoms with van der Waals surface area (Å²) in [6, 6.07) is 0. The van der Waals surface area contributed by atoms with E-state index in [2.05, 4.69) is 4.40 Å². The van der Waals surface area contributed by atoms with Crippen LogP contribution in [-0.4, -0.2) is 25.7 Å². The molecule has 0 radical (unpaired) electrons. The summed E-state index contributed by atoms with van der Waals surface area (Å²) < 4.78 is 25.6. The van der Waals surface area contributed by atoms with Gasteiger partial charge >= 0.3 is 0 Å². The maximum absolute atomic E-state index is 11.1. The van der Waals surface area contributed by atoms with Gasteiger partial charge in [0.2, 0.25) is 0 Å². The van der Waals surface area contributed by atoms with E-state index in [0.29, 0.717) is 0 Å². The quantitative estimate of drug-likeness (QED) is 0.670. The van der Waals surface area contributed by atoms with E-state index < -0.39 is 10.0 Å². The van der Waals surface area contributed by atoms with Gasteiger partial charge in [-0.2, -0.15) is 4.40 Å². The van der Waals surface area contributed by atoms with Crippen LogP contribution >= 0.6 is 11.6 Å². The predicted octanol–water partition coefficient (Wildman–Crippen LogP) is 1.04. The Morgan fingerprint density at radius 2 is 2.07 bits per heavy atom. The van der Waals surface area contributed by atoms with E-state index in [4.69, 9.17) is 11.6 Å². The van der Waals surface area contributed by atoms with Crippen LogP contribution in [0.15, 0.2) is 27.7 Å². The Bertz CT molecular complexity index is 445. The molecule has 0 saturated heterocycles. The van der Waals surface area contributed by atoms with Gasteiger partial charge in [-0.25, -0.2) is 8.42 Å². The van der Waals surface area contributed by atoms with Crippen LogP contribution < -0.4 is 0 Å². The highest BCUT2D eigenvalue weighted by Crippen LogP contribution is 2.11. The van der Waals surface area contributed by atoms with Crippen LogP contribution in [0.25, 0.3) is 0 Å². The van der Waals surface area contributed by atoms with Crippen molar-refractivity contribution in [3.8, 4) is 0 Å². The second-order valence-electron chi connectivity index (χ2n) is 2.58. The number of nitrogens with zero attached hydrogens (tertiary/aromatic N) is 1. The molecule has 0 aromatic rings. The second kappa shape index (κ2) is 4.06. The Morgan fingerprint density at radius 1 is 1.43 bits per heavy atom. The van der Waals surface area contributed by atoms with Gasteiger partial charge < -0.3 is 0 Å². The third kappa shape index (κ3) is 2.78. The number of hydrogen-bond donors (Lipinski definition) is 0. The van der Waals surface area contributed by atoms with E-state index >= 15 is 0 Å². The second-order valence-corrected chi connectivity index (χ2v) is 4.91. The Morgan fingerprint density at radius 3 is 2.57 bits per heavy atom. The fourth-order valence-electron chi connectivity index (χ4n) is 0.772. The van der Waals surface area contributed by atoms with Crippen LogP contribution in [0.4, 0.5) is 0 Å². The lowest BCUT2D eigenvalue weighted by Crippen LogP contribution is -2.07. The van der Waals surface area contributed by atoms with Crippen LogP contribution in [0, 0.1) is 0 Å². The maximum atomic E-state index is 11.1. The van der Waals surface area contributed by atoms with E-state index in [1.165, 1.54) is 25.2 Å². The average molecular weight is 234 g/mol. The lowest BCUT2D eigenvalue weighted by molar-refractivity contribution is -0.110. The molecule has 0 fully saturated rings. The van der Waals surface area contributed by atoms with Crippen LogP contribution in [0.5, 0.6) is 0 Å². The number of halogens is 1. The molecule has 1 aliphatic carbocycles. The molecule has 0 aromatic heterocycles. The topological polar surface area (TPSA) is 63.6 Å². The van der Waals surface area contributed by atoms with Crippen molar-refractivity contribution in [2.45, 2.75) is 6.92 Å². The van der Waals surface area contributed by atoms with Gasteiger partial charge in [0.1, 0.15) is 0 Å². The molecule has 1 rings (SSSR count). The molecule has 0 bridgehead atoms. The van der Waals surface area contributed by atoms with Gasteiger partial charge in [-0.3, -0.25) is 4.79 Å². The molecule has 0 N–H and O–H groups in total. The SMILES string of the molecule is CCS(=O)(=O)/N=C1/C=CC(=O)C(Cl)=C1. The highest BCUT2D eigenvalue weighted by Gasteiger charge is 2.11. The van der Waals surface area contributed by atoms with Crippen LogP contribution in [0.2, 0.25) is 0 Å². The molecule has 0 unspecified atom stereocenters. The van der Waals surface area contributed by atoms with Gasteiger partial charge in [0.05, 0.1) is 16.5 Å². The summed E-state index contributed by atoms with van der Waals surface area (Å²) in [6.07, 6.45) is 3.74. The zero-order valence-electron chi connectivity index (χ0n) is 7.40. The minimum absolute atomic E-state index is 0.0300. The molecular formula is C8H8ClNO3S. The lowest BCUT2D eigenvalue weighted by atomic mass is 10.2. The Hall–Kier alpha value is -0.940. The number of rotatable bonds is 2. The highest BCUT2D eigenvalue weighted by molar-refractivity contribution is 7.90. The first-order chi connectivity index (χ1) is 6.44. The highest BCUT2D eigenvalue weighted by atomic mass is 35.5. The van der Waals surface area contributed by atoms with Crippen LogP contribution in [-0.2, 0) is 14.8 Å². The third-order valence-corrected chi connectivity index (χ3v) is 3.04. The standard InChI is InChI=1S/C8H8ClNO3S/c1-2-14(12,13)10-6-3-4-8(11)7(9)5-6/h3-5H,2H2,1H3/b10-6-. The van der Waals surface area contributed by atoms with E-state index in [9.17, 15) is 13.2 Å². The van der Waals surface area contributed by atoms with Crippen molar-refractivity contribution in [3.63, 3.8) is 0 Å². The van der Waals surface area contributed by atoms with Crippen molar-refractivity contribution in [1.82, 2.24) is 0 Å². The van der Waals surface area contributed by atoms with Gasteiger partial charge in [-0.1, -0.05) is 11.6 Å². The largest absolute Gasteiger partial charge is 0.288 e. The Labute approximate surface area is 87.0 Å².